The number of hydrogen-bond acceptors (Lipinski definition) is 11. The third-order valence-electron chi connectivity index (χ3n) is 7.19. The molecule has 13 heteroatoms. The van der Waals surface area contributed by atoms with Crippen LogP contribution in [0.5, 0.6) is 5.75 Å². The number of hydrogen-bond donors (Lipinski definition) is 4. The maximum atomic E-state index is 12.8. The number of aliphatic hydroxyl groups is 1. The number of aromatic nitrogens is 1. The standard InChI is InChI=1S/C23H29BN4O7S/c1-28(6-4-13(11-29)5-7-28)10-15-3-2-14-8-16(24(33)35-21(14)19(15)22(31)32)9-18(30)20(27-34)17-12-36-23(25)26-17/h2-3,12-13,16,29,33H,4-11H2,1H3,(H3-,25,26,30,31,32,34)/t13?,16-,28?/m1/s1. The highest BCUT2D eigenvalue weighted by atomic mass is 32.1. The first-order chi connectivity index (χ1) is 17.1. The van der Waals surface area contributed by atoms with Gasteiger partial charge in [0, 0.05) is 48.2 Å². The number of likely N-dealkylation sites (tertiary alicyclic amines) is 1. The molecule has 0 aliphatic carbocycles. The number of fused-ring (bicyclic) bond motifs is 1. The lowest BCUT2D eigenvalue weighted by molar-refractivity contribution is -0.928. The average molecular weight is 516 g/mol. The smallest absolute Gasteiger partial charge is 0.526 e. The minimum absolute atomic E-state index is 0.0591. The Morgan fingerprint density at radius 2 is 2.08 bits per heavy atom. The topological polar surface area (TPSA) is 178 Å². The zero-order chi connectivity index (χ0) is 26.0. The van der Waals surface area contributed by atoms with Gasteiger partial charge in [0.05, 0.1) is 26.1 Å². The Labute approximate surface area is 212 Å². The van der Waals surface area contributed by atoms with E-state index >= 15 is 0 Å². The molecule has 0 saturated carbocycles. The predicted octanol–water partition coefficient (Wildman–Crippen LogP) is 0.0610. The van der Waals surface area contributed by atoms with Crippen LogP contribution in [-0.4, -0.2) is 76.1 Å². The van der Waals surface area contributed by atoms with Gasteiger partial charge in [0.2, 0.25) is 0 Å². The van der Waals surface area contributed by atoms with Gasteiger partial charge in [0.25, 0.3) is 0 Å². The molecule has 192 valence electrons. The van der Waals surface area contributed by atoms with Gasteiger partial charge in [-0.2, -0.15) is 0 Å². The number of piperidine rings is 1. The maximum absolute atomic E-state index is 12.8. The molecule has 1 saturated heterocycles. The van der Waals surface area contributed by atoms with Crippen molar-refractivity contribution < 1.29 is 39.2 Å². The maximum Gasteiger partial charge on any atom is 0.526 e. The first-order valence-electron chi connectivity index (χ1n) is 11.8. The lowest BCUT2D eigenvalue weighted by Crippen LogP contribution is -2.50. The van der Waals surface area contributed by atoms with E-state index in [-0.39, 0.29) is 53.2 Å². The second-order valence-electron chi connectivity index (χ2n) is 9.85. The number of Topliss-reactive ketones (excluding diaryl/α,β-unsaturated/α-hetero) is 1. The summed E-state index contributed by atoms with van der Waals surface area (Å²) in [6, 6.07) is 3.50. The van der Waals surface area contributed by atoms with Gasteiger partial charge in [-0.05, 0) is 17.9 Å². The van der Waals surface area contributed by atoms with Gasteiger partial charge in [-0.1, -0.05) is 17.3 Å². The highest BCUT2D eigenvalue weighted by Crippen LogP contribution is 2.39. The number of carboxylic acid groups (broad SMARTS) is 1. The quantitative estimate of drug-likeness (QED) is 0.124. The van der Waals surface area contributed by atoms with Crippen molar-refractivity contribution in [1.29, 1.82) is 0 Å². The Hall–Kier alpha value is -3.00. The van der Waals surface area contributed by atoms with Gasteiger partial charge >= 0.3 is 7.12 Å². The Morgan fingerprint density at radius 3 is 2.67 bits per heavy atom. The molecule has 0 bridgehead atoms. The van der Waals surface area contributed by atoms with Gasteiger partial charge in [0.1, 0.15) is 18.0 Å². The SMILES string of the molecule is C[N+]1(Cc2ccc3c(c2C(=O)[O-])OB(O)[C@@H](CC(=O)/C(=N\O)c2csc(N)n2)C3)CCC(CO)CC1. The Balaban J connectivity index is 1.54. The average Bonchev–Trinajstić information content (AvgIpc) is 3.26. The number of nitrogen functional groups attached to an aromatic ring is 1. The summed E-state index contributed by atoms with van der Waals surface area (Å²) in [5.74, 6) is -2.32. The van der Waals surface area contributed by atoms with Crippen LogP contribution in [-0.2, 0) is 17.8 Å². The molecule has 36 heavy (non-hydrogen) atoms. The molecule has 11 nitrogen and oxygen atoms in total. The van der Waals surface area contributed by atoms with Crippen molar-refractivity contribution in [2.75, 3.05) is 32.5 Å². The number of aliphatic hydroxyl groups excluding tert-OH is 1. The van der Waals surface area contributed by atoms with E-state index < -0.39 is 24.7 Å². The molecule has 2 aliphatic heterocycles. The number of quaternary nitrogens is 1. The molecular weight excluding hydrogens is 487 g/mol. The second-order valence-corrected chi connectivity index (χ2v) is 10.7. The molecule has 1 aromatic heterocycles. The summed E-state index contributed by atoms with van der Waals surface area (Å²) in [5.41, 5.74) is 6.47. The minimum atomic E-state index is -1.44. The monoisotopic (exact) mass is 516 g/mol. The van der Waals surface area contributed by atoms with Crippen LogP contribution >= 0.6 is 11.3 Å². The van der Waals surface area contributed by atoms with Crippen LogP contribution in [0.15, 0.2) is 22.7 Å². The molecule has 3 heterocycles. The fourth-order valence-corrected chi connectivity index (χ4v) is 5.62. The lowest BCUT2D eigenvalue weighted by atomic mass is 9.64. The van der Waals surface area contributed by atoms with E-state index in [0.717, 1.165) is 37.3 Å². The number of ketones is 1. The first kappa shape index (κ1) is 26.1. The van der Waals surface area contributed by atoms with E-state index in [0.29, 0.717) is 22.2 Å². The van der Waals surface area contributed by atoms with Crippen molar-refractivity contribution in [2.45, 2.75) is 38.0 Å². The van der Waals surface area contributed by atoms with Gasteiger partial charge < -0.3 is 40.1 Å². The van der Waals surface area contributed by atoms with E-state index in [1.807, 2.05) is 0 Å². The van der Waals surface area contributed by atoms with Crippen LogP contribution in [0.4, 0.5) is 5.13 Å². The predicted molar refractivity (Wildman–Crippen MR) is 131 cm³/mol. The van der Waals surface area contributed by atoms with Crippen LogP contribution in [0, 0.1) is 5.92 Å². The number of oxime groups is 1. The molecule has 1 aromatic carbocycles. The molecule has 2 aromatic rings. The number of carboxylic acids is 1. The van der Waals surface area contributed by atoms with Crippen molar-refractivity contribution in [1.82, 2.24) is 4.98 Å². The Morgan fingerprint density at radius 1 is 1.36 bits per heavy atom. The zero-order valence-corrected chi connectivity index (χ0v) is 20.7. The molecule has 0 amide bonds. The number of anilines is 1. The van der Waals surface area contributed by atoms with Crippen LogP contribution < -0.4 is 15.5 Å². The van der Waals surface area contributed by atoms with Crippen molar-refractivity contribution in [2.24, 2.45) is 11.1 Å². The number of nitrogens with zero attached hydrogens (tertiary/aromatic N) is 3. The molecule has 0 unspecified atom stereocenters. The normalized spacial score (nSPS) is 24.2. The summed E-state index contributed by atoms with van der Waals surface area (Å²) in [4.78, 5) is 28.9. The number of nitrogens with two attached hydrogens (primary N) is 1. The molecule has 5 N–H and O–H groups in total. The summed E-state index contributed by atoms with van der Waals surface area (Å²) in [6.45, 7) is 2.22. The van der Waals surface area contributed by atoms with Crippen LogP contribution in [0.2, 0.25) is 5.82 Å². The number of thiazole rings is 1. The summed E-state index contributed by atoms with van der Waals surface area (Å²) in [6.07, 6.45) is 1.69. The molecule has 1 atom stereocenters. The summed E-state index contributed by atoms with van der Waals surface area (Å²) in [5, 5.41) is 46.4. The van der Waals surface area contributed by atoms with Crippen LogP contribution in [0.1, 0.15) is 46.4 Å². The molecular formula is C23H29BN4O7S. The van der Waals surface area contributed by atoms with Gasteiger partial charge in [0.15, 0.2) is 16.6 Å². The second kappa shape index (κ2) is 10.5. The molecule has 1 fully saturated rings. The van der Waals surface area contributed by atoms with Crippen molar-refractivity contribution in [3.05, 3.63) is 39.9 Å². The van der Waals surface area contributed by atoms with Crippen molar-refractivity contribution in [3.8, 4) is 5.75 Å². The van der Waals surface area contributed by atoms with E-state index in [1.165, 1.54) is 5.38 Å². The number of benzene rings is 1. The number of rotatable bonds is 8. The number of aromatic carboxylic acids is 1. The fourth-order valence-electron chi connectivity index (χ4n) is 5.07. The largest absolute Gasteiger partial charge is 0.545 e. The van der Waals surface area contributed by atoms with Crippen LogP contribution in [0.3, 0.4) is 0 Å². The highest BCUT2D eigenvalue weighted by molar-refractivity contribution is 7.13. The summed E-state index contributed by atoms with van der Waals surface area (Å²) >= 11 is 1.10. The summed E-state index contributed by atoms with van der Waals surface area (Å²) < 4.78 is 6.29. The lowest BCUT2D eigenvalue weighted by Gasteiger charge is -2.41. The Kier molecular flexibility index (Phi) is 7.64. The fraction of sp³-hybridized carbons (Fsp3) is 0.478. The van der Waals surface area contributed by atoms with E-state index in [9.17, 15) is 30.0 Å². The van der Waals surface area contributed by atoms with Gasteiger partial charge in [-0.15, -0.1) is 11.3 Å². The van der Waals surface area contributed by atoms with Crippen LogP contribution in [0.25, 0.3) is 0 Å². The van der Waals surface area contributed by atoms with E-state index in [1.54, 1.807) is 12.1 Å². The molecule has 2 aliphatic rings. The van der Waals surface area contributed by atoms with Crippen molar-refractivity contribution >= 4 is 41.1 Å². The van der Waals surface area contributed by atoms with E-state index in [2.05, 4.69) is 17.2 Å². The Bertz CT molecular complexity index is 1180. The summed E-state index contributed by atoms with van der Waals surface area (Å²) in [7, 11) is 0.611. The van der Waals surface area contributed by atoms with Gasteiger partial charge in [-0.25, -0.2) is 4.98 Å². The number of carbonyl (C=O) groups is 2. The molecule has 0 radical (unpaired) electrons. The number of carbonyl (C=O) groups excluding carboxylic acids is 2. The van der Waals surface area contributed by atoms with E-state index in [4.69, 9.17) is 10.4 Å². The first-order valence-corrected chi connectivity index (χ1v) is 12.6. The molecule has 0 spiro atoms. The minimum Gasteiger partial charge on any atom is -0.545 e. The third kappa shape index (κ3) is 5.38. The third-order valence-corrected chi connectivity index (χ3v) is 7.87. The van der Waals surface area contributed by atoms with Gasteiger partial charge in [-0.3, -0.25) is 4.79 Å². The zero-order valence-electron chi connectivity index (χ0n) is 19.9. The highest BCUT2D eigenvalue weighted by Gasteiger charge is 2.39. The van der Waals surface area contributed by atoms with Crippen molar-refractivity contribution in [3.63, 3.8) is 0 Å². The molecule has 4 rings (SSSR count).